The van der Waals surface area contributed by atoms with Gasteiger partial charge in [-0.15, -0.1) is 0 Å². The second-order valence-corrected chi connectivity index (χ2v) is 15.1. The Morgan fingerprint density at radius 3 is 1.08 bits per heavy atom. The van der Waals surface area contributed by atoms with Gasteiger partial charge in [-0.05, 0) is 175 Å². The molecule has 0 fully saturated rings. The van der Waals surface area contributed by atoms with Crippen molar-refractivity contribution in [3.63, 3.8) is 0 Å². The predicted octanol–water partition coefficient (Wildman–Crippen LogP) is 12.3. The van der Waals surface area contributed by atoms with Gasteiger partial charge in [0.1, 0.15) is 46.0 Å². The van der Waals surface area contributed by atoms with Crippen molar-refractivity contribution in [2.24, 2.45) is 0 Å². The Labute approximate surface area is 381 Å². The van der Waals surface area contributed by atoms with Crippen molar-refractivity contribution in [1.82, 2.24) is 0 Å². The minimum atomic E-state index is -0.538. The summed E-state index contributed by atoms with van der Waals surface area (Å²) in [5.74, 6) is 2.55. The Kier molecular flexibility index (Phi) is 13.7. The fourth-order valence-electron chi connectivity index (χ4n) is 6.80. The van der Waals surface area contributed by atoms with Crippen molar-refractivity contribution < 1.29 is 47.6 Å². The molecule has 66 heavy (non-hydrogen) atoms. The van der Waals surface area contributed by atoms with E-state index < -0.39 is 17.9 Å². The highest BCUT2D eigenvalue weighted by Gasteiger charge is 2.15. The zero-order chi connectivity index (χ0) is 45.8. The molecule has 0 saturated heterocycles. The zero-order valence-corrected chi connectivity index (χ0v) is 36.0. The maximum Gasteiger partial charge on any atom is 0.343 e. The number of carbonyl (C=O) groups is 4. The summed E-state index contributed by atoms with van der Waals surface area (Å²) in [6.45, 7) is 1.50. The Hall–Kier alpha value is -8.76. The molecule has 0 aromatic heterocycles. The van der Waals surface area contributed by atoms with Gasteiger partial charge in [-0.25, -0.2) is 14.4 Å². The van der Waals surface area contributed by atoms with E-state index in [0.29, 0.717) is 68.9 Å². The zero-order valence-electron chi connectivity index (χ0n) is 36.0. The van der Waals surface area contributed by atoms with Gasteiger partial charge >= 0.3 is 17.9 Å². The molecule has 8 aromatic rings. The Bertz CT molecular complexity index is 2940. The minimum absolute atomic E-state index is 0.0271. The first-order valence-electron chi connectivity index (χ1n) is 21.0. The smallest absolute Gasteiger partial charge is 0.343 e. The monoisotopic (exact) mass is 874 g/mol. The van der Waals surface area contributed by atoms with Crippen LogP contribution in [-0.2, 0) is 12.8 Å². The van der Waals surface area contributed by atoms with E-state index in [1.54, 1.807) is 141 Å². The second kappa shape index (κ2) is 20.6. The van der Waals surface area contributed by atoms with Crippen LogP contribution in [0.15, 0.2) is 194 Å². The Morgan fingerprint density at radius 1 is 0.348 bits per heavy atom. The molecule has 0 amide bonds. The summed E-state index contributed by atoms with van der Waals surface area (Å²) in [4.78, 5) is 50.5. The Morgan fingerprint density at radius 2 is 0.682 bits per heavy atom. The van der Waals surface area contributed by atoms with E-state index in [4.69, 9.17) is 28.4 Å². The summed E-state index contributed by atoms with van der Waals surface area (Å²) >= 11 is 0. The van der Waals surface area contributed by atoms with Crippen molar-refractivity contribution in [1.29, 1.82) is 0 Å². The van der Waals surface area contributed by atoms with E-state index in [0.717, 1.165) is 34.4 Å². The van der Waals surface area contributed by atoms with Crippen LogP contribution in [0.3, 0.4) is 0 Å². The van der Waals surface area contributed by atoms with Gasteiger partial charge in [-0.1, -0.05) is 54.6 Å². The van der Waals surface area contributed by atoms with Crippen LogP contribution in [-0.4, -0.2) is 30.8 Å². The number of benzene rings is 8. The number of hydrogen-bond donors (Lipinski definition) is 0. The third-order valence-corrected chi connectivity index (χ3v) is 10.4. The van der Waals surface area contributed by atoms with E-state index in [2.05, 4.69) is 0 Å². The quantitative estimate of drug-likeness (QED) is 0.0526. The molecule has 0 spiro atoms. The van der Waals surface area contributed by atoms with E-state index in [-0.39, 0.29) is 5.78 Å². The van der Waals surface area contributed by atoms with E-state index in [9.17, 15) is 19.2 Å². The highest BCUT2D eigenvalue weighted by molar-refractivity contribution is 5.94. The molecule has 0 aliphatic carbocycles. The third-order valence-electron chi connectivity index (χ3n) is 10.4. The van der Waals surface area contributed by atoms with Crippen LogP contribution in [0.4, 0.5) is 0 Å². The molecule has 8 aromatic carbocycles. The van der Waals surface area contributed by atoms with Crippen LogP contribution in [0.2, 0.25) is 0 Å². The van der Waals surface area contributed by atoms with Gasteiger partial charge in [0, 0.05) is 12.0 Å². The van der Waals surface area contributed by atoms with Gasteiger partial charge in [0.15, 0.2) is 5.78 Å². The lowest BCUT2D eigenvalue weighted by molar-refractivity contribution is 0.0724. The average molecular weight is 875 g/mol. The molecular weight excluding hydrogens is 833 g/mol. The summed E-state index contributed by atoms with van der Waals surface area (Å²) in [6.07, 6.45) is 1.20. The van der Waals surface area contributed by atoms with Crippen molar-refractivity contribution in [3.8, 4) is 46.0 Å². The lowest BCUT2D eigenvalue weighted by atomic mass is 10.0. The molecule has 326 valence electrons. The predicted molar refractivity (Wildman–Crippen MR) is 249 cm³/mol. The van der Waals surface area contributed by atoms with Gasteiger partial charge in [-0.2, -0.15) is 0 Å². The molecule has 0 heterocycles. The van der Waals surface area contributed by atoms with Crippen molar-refractivity contribution in [2.75, 3.05) is 7.11 Å². The molecule has 0 atom stereocenters. The van der Waals surface area contributed by atoms with Gasteiger partial charge < -0.3 is 28.4 Å². The average Bonchev–Trinajstić information content (AvgIpc) is 3.34. The first-order chi connectivity index (χ1) is 32.1. The highest BCUT2D eigenvalue weighted by Crippen LogP contribution is 2.28. The SMILES string of the molecule is COc1ccc(Cc2ccc(OC(=O)c3ccc(Oc4ccc(C(=O)Oc5ccc(Cc6ccccc6OC(=O)c6ccc(Oc7ccc(C(C)=O)cc7)cc6)cc5)cc4)cc3)cc2)cc1. The topological polar surface area (TPSA) is 124 Å². The number of carbonyl (C=O) groups excluding carboxylic acids is 4. The molecule has 0 saturated carbocycles. The maximum absolute atomic E-state index is 13.1. The van der Waals surface area contributed by atoms with E-state index in [1.165, 1.54) is 6.92 Å². The van der Waals surface area contributed by atoms with Crippen molar-refractivity contribution in [3.05, 3.63) is 239 Å². The molecule has 8 rings (SSSR count). The van der Waals surface area contributed by atoms with Gasteiger partial charge in [-0.3, -0.25) is 4.79 Å². The number of ketones is 1. The molecule has 0 bridgehead atoms. The van der Waals surface area contributed by atoms with Crippen LogP contribution in [0.1, 0.15) is 70.6 Å². The number of esters is 3. The first-order valence-corrected chi connectivity index (χ1v) is 21.0. The molecule has 10 heteroatoms. The molecule has 0 aliphatic heterocycles. The summed E-state index contributed by atoms with van der Waals surface area (Å²) in [7, 11) is 1.64. The Balaban J connectivity index is 0.792. The van der Waals surface area contributed by atoms with E-state index >= 15 is 0 Å². The van der Waals surface area contributed by atoms with Crippen molar-refractivity contribution in [2.45, 2.75) is 19.8 Å². The number of ether oxygens (including phenoxy) is 6. The van der Waals surface area contributed by atoms with Crippen LogP contribution < -0.4 is 28.4 Å². The van der Waals surface area contributed by atoms with Crippen molar-refractivity contribution >= 4 is 23.7 Å². The molecule has 0 aliphatic rings. The molecule has 0 unspecified atom stereocenters. The van der Waals surface area contributed by atoms with E-state index in [1.807, 2.05) is 60.7 Å². The lowest BCUT2D eigenvalue weighted by Gasteiger charge is -2.11. The second-order valence-electron chi connectivity index (χ2n) is 15.1. The summed E-state index contributed by atoms with van der Waals surface area (Å²) in [5.41, 5.74) is 5.57. The lowest BCUT2D eigenvalue weighted by Crippen LogP contribution is -2.10. The number of para-hydroxylation sites is 1. The molecule has 10 nitrogen and oxygen atoms in total. The normalized spacial score (nSPS) is 10.6. The number of methoxy groups -OCH3 is 1. The summed E-state index contributed by atoms with van der Waals surface area (Å²) in [6, 6.07) is 56.3. The van der Waals surface area contributed by atoms with Crippen LogP contribution in [0.25, 0.3) is 0 Å². The summed E-state index contributed by atoms with van der Waals surface area (Å²) < 4.78 is 34.1. The van der Waals surface area contributed by atoms with Crippen LogP contribution in [0, 0.1) is 0 Å². The first kappa shape index (κ1) is 43.9. The number of Topliss-reactive ketones (excluding diaryl/α,β-unsaturated/α-hetero) is 1. The third kappa shape index (κ3) is 11.6. The minimum Gasteiger partial charge on any atom is -0.497 e. The summed E-state index contributed by atoms with van der Waals surface area (Å²) in [5, 5.41) is 0. The largest absolute Gasteiger partial charge is 0.497 e. The molecule has 0 radical (unpaired) electrons. The van der Waals surface area contributed by atoms with Gasteiger partial charge in [0.2, 0.25) is 0 Å². The molecular formula is C56H42O10. The number of rotatable bonds is 16. The maximum atomic E-state index is 13.1. The highest BCUT2D eigenvalue weighted by atomic mass is 16.5. The molecule has 0 N–H and O–H groups in total. The fourth-order valence-corrected chi connectivity index (χ4v) is 6.80. The fraction of sp³-hybridized carbons (Fsp3) is 0.0714. The van der Waals surface area contributed by atoms with Gasteiger partial charge in [0.05, 0.1) is 23.8 Å². The standard InChI is InChI=1S/C56H42O10/c1-37(57)41-13-27-47(28-14-41)62-50-33-19-44(20-34-50)56(60)66-53-6-4-3-5-45(53)36-40-11-25-52(26-12-40)65-55(59)43-17-31-49(32-18-43)63-48-29-15-42(16-30-48)54(58)64-51-23-9-39(10-24-51)35-38-7-21-46(61-2)22-8-38/h3-34H,35-36H2,1-2H3. The number of hydrogen-bond acceptors (Lipinski definition) is 10. The van der Waals surface area contributed by atoms with Gasteiger partial charge in [0.25, 0.3) is 0 Å². The van der Waals surface area contributed by atoms with Crippen LogP contribution >= 0.6 is 0 Å². The van der Waals surface area contributed by atoms with Crippen LogP contribution in [0.5, 0.6) is 46.0 Å².